The van der Waals surface area contributed by atoms with Crippen LogP contribution in [-0.4, -0.2) is 45.8 Å². The van der Waals surface area contributed by atoms with Crippen LogP contribution in [0.5, 0.6) is 0 Å². The molecule has 6 nitrogen and oxygen atoms in total. The molecule has 0 saturated carbocycles. The summed E-state index contributed by atoms with van der Waals surface area (Å²) in [6.45, 7) is 1.67. The minimum Gasteiger partial charge on any atom is -0.395 e. The van der Waals surface area contributed by atoms with Crippen molar-refractivity contribution in [1.82, 2.24) is 15.4 Å². The van der Waals surface area contributed by atoms with Gasteiger partial charge in [0.05, 0.1) is 6.61 Å². The summed E-state index contributed by atoms with van der Waals surface area (Å²) >= 11 is 0. The van der Waals surface area contributed by atoms with Gasteiger partial charge in [0, 0.05) is 37.6 Å². The molecule has 3 N–H and O–H groups in total. The van der Waals surface area contributed by atoms with Gasteiger partial charge in [-0.1, -0.05) is 18.2 Å². The van der Waals surface area contributed by atoms with Crippen molar-refractivity contribution >= 4 is 12.0 Å². The van der Waals surface area contributed by atoms with Crippen LogP contribution in [0.3, 0.4) is 0 Å². The van der Waals surface area contributed by atoms with E-state index in [0.717, 1.165) is 31.4 Å². The lowest BCUT2D eigenvalue weighted by atomic mass is 10.0. The van der Waals surface area contributed by atoms with Crippen molar-refractivity contribution in [3.63, 3.8) is 0 Å². The van der Waals surface area contributed by atoms with Crippen LogP contribution in [0.4, 0.5) is 0 Å². The number of carbonyl (C=O) groups excluding carboxylic acids is 1. The van der Waals surface area contributed by atoms with Gasteiger partial charge in [0.15, 0.2) is 0 Å². The lowest BCUT2D eigenvalue weighted by molar-refractivity contribution is -0.124. The van der Waals surface area contributed by atoms with Crippen LogP contribution < -0.4 is 5.48 Å². The fourth-order valence-electron chi connectivity index (χ4n) is 3.68. The maximum absolute atomic E-state index is 11.1. The Hall–Kier alpha value is -2.54. The minimum absolute atomic E-state index is 0.138. The van der Waals surface area contributed by atoms with E-state index in [1.165, 1.54) is 22.8 Å². The average molecular weight is 367 g/mol. The molecule has 0 radical (unpaired) electrons. The molecule has 142 valence electrons. The summed E-state index contributed by atoms with van der Waals surface area (Å²) in [5.74, 6) is -0.543. The Kier molecular flexibility index (Phi) is 6.70. The number of pyridine rings is 1. The van der Waals surface area contributed by atoms with Crippen molar-refractivity contribution in [3.8, 4) is 0 Å². The molecule has 1 aromatic carbocycles. The van der Waals surface area contributed by atoms with Gasteiger partial charge in [0.2, 0.25) is 0 Å². The third-order valence-corrected chi connectivity index (χ3v) is 5.02. The second-order valence-corrected chi connectivity index (χ2v) is 6.69. The lowest BCUT2D eigenvalue weighted by Gasteiger charge is -2.29. The second kappa shape index (κ2) is 9.41. The van der Waals surface area contributed by atoms with Crippen molar-refractivity contribution in [1.29, 1.82) is 0 Å². The zero-order valence-electron chi connectivity index (χ0n) is 15.2. The van der Waals surface area contributed by atoms with Crippen LogP contribution in [0.15, 0.2) is 48.8 Å². The number of aliphatic hydroxyl groups is 1. The molecule has 6 heteroatoms. The average Bonchev–Trinajstić information content (AvgIpc) is 3.13. The molecule has 1 aliphatic rings. The summed E-state index contributed by atoms with van der Waals surface area (Å²) < 4.78 is 0. The fraction of sp³-hybridized carbons (Fsp3) is 0.333. The van der Waals surface area contributed by atoms with Gasteiger partial charge < -0.3 is 5.11 Å². The van der Waals surface area contributed by atoms with Crippen LogP contribution in [0.25, 0.3) is 6.08 Å². The number of fused-ring (bicyclic) bond motifs is 1. The molecule has 1 aliphatic carbocycles. The monoisotopic (exact) mass is 367 g/mol. The number of benzene rings is 1. The molecule has 0 aliphatic heterocycles. The topological polar surface area (TPSA) is 85.7 Å². The molecule has 1 amide bonds. The number of amides is 1. The molecule has 3 rings (SSSR count). The highest BCUT2D eigenvalue weighted by Gasteiger charge is 2.27. The Bertz CT molecular complexity index is 793. The molecule has 1 atom stereocenters. The van der Waals surface area contributed by atoms with Crippen LogP contribution in [-0.2, 0) is 17.6 Å². The van der Waals surface area contributed by atoms with Gasteiger partial charge in [0.25, 0.3) is 5.91 Å². The number of aliphatic hydroxyl groups excluding tert-OH is 1. The van der Waals surface area contributed by atoms with Crippen LogP contribution in [0.1, 0.15) is 34.7 Å². The van der Waals surface area contributed by atoms with E-state index in [0.29, 0.717) is 12.6 Å². The summed E-state index contributed by atoms with van der Waals surface area (Å²) in [6, 6.07) is 10.5. The predicted molar refractivity (Wildman–Crippen MR) is 103 cm³/mol. The SMILES string of the molecule is O=C(/C=C/c1ccc2c(c1)CCC2N(CCO)CCc1ccncc1)NO. The molecule has 2 aromatic rings. The lowest BCUT2D eigenvalue weighted by Crippen LogP contribution is -2.32. The van der Waals surface area contributed by atoms with Crippen LogP contribution >= 0.6 is 0 Å². The van der Waals surface area contributed by atoms with Crippen molar-refractivity contribution in [2.45, 2.75) is 25.3 Å². The number of rotatable bonds is 8. The Balaban J connectivity index is 1.71. The molecule has 0 bridgehead atoms. The largest absolute Gasteiger partial charge is 0.395 e. The van der Waals surface area contributed by atoms with E-state index in [4.69, 9.17) is 5.21 Å². The fourth-order valence-corrected chi connectivity index (χ4v) is 3.68. The summed E-state index contributed by atoms with van der Waals surface area (Å²) in [4.78, 5) is 17.5. The Morgan fingerprint density at radius 2 is 2.07 bits per heavy atom. The van der Waals surface area contributed by atoms with E-state index in [1.54, 1.807) is 11.6 Å². The number of nitrogens with zero attached hydrogens (tertiary/aromatic N) is 2. The van der Waals surface area contributed by atoms with E-state index in [9.17, 15) is 9.90 Å². The number of hydroxylamine groups is 1. The van der Waals surface area contributed by atoms with Gasteiger partial charge in [-0.3, -0.25) is 19.9 Å². The van der Waals surface area contributed by atoms with E-state index in [-0.39, 0.29) is 6.61 Å². The van der Waals surface area contributed by atoms with Gasteiger partial charge >= 0.3 is 0 Å². The molecule has 1 aromatic heterocycles. The van der Waals surface area contributed by atoms with Gasteiger partial charge in [0.1, 0.15) is 0 Å². The number of aromatic nitrogens is 1. The van der Waals surface area contributed by atoms with E-state index < -0.39 is 5.91 Å². The van der Waals surface area contributed by atoms with Crippen molar-refractivity contribution in [3.05, 3.63) is 71.1 Å². The Morgan fingerprint density at radius 1 is 1.26 bits per heavy atom. The van der Waals surface area contributed by atoms with Gasteiger partial charge in [-0.05, 0) is 59.7 Å². The van der Waals surface area contributed by atoms with E-state index in [2.05, 4.69) is 22.0 Å². The highest BCUT2D eigenvalue weighted by Crippen LogP contribution is 2.36. The molecule has 27 heavy (non-hydrogen) atoms. The van der Waals surface area contributed by atoms with Crippen LogP contribution in [0, 0.1) is 0 Å². The summed E-state index contributed by atoms with van der Waals surface area (Å²) in [5, 5.41) is 18.1. The highest BCUT2D eigenvalue weighted by atomic mass is 16.5. The summed E-state index contributed by atoms with van der Waals surface area (Å²) in [6.07, 6.45) is 9.53. The third-order valence-electron chi connectivity index (χ3n) is 5.02. The molecule has 0 fully saturated rings. The van der Waals surface area contributed by atoms with Crippen molar-refractivity contribution in [2.24, 2.45) is 0 Å². The first kappa shape index (κ1) is 19.2. The number of nitrogens with one attached hydrogen (secondary N) is 1. The van der Waals surface area contributed by atoms with Gasteiger partial charge in [-0.15, -0.1) is 0 Å². The van der Waals surface area contributed by atoms with Gasteiger partial charge in [-0.25, -0.2) is 5.48 Å². The zero-order valence-corrected chi connectivity index (χ0v) is 15.2. The van der Waals surface area contributed by atoms with E-state index >= 15 is 0 Å². The smallest absolute Gasteiger partial charge is 0.267 e. The van der Waals surface area contributed by atoms with Crippen molar-refractivity contribution < 1.29 is 15.1 Å². The maximum Gasteiger partial charge on any atom is 0.267 e. The normalized spacial score (nSPS) is 16.0. The Morgan fingerprint density at radius 3 is 2.81 bits per heavy atom. The van der Waals surface area contributed by atoms with Gasteiger partial charge in [-0.2, -0.15) is 0 Å². The van der Waals surface area contributed by atoms with E-state index in [1.807, 2.05) is 30.6 Å². The minimum atomic E-state index is -0.543. The Labute approximate surface area is 159 Å². The number of hydrogen-bond donors (Lipinski definition) is 3. The molecular formula is C21H25N3O3. The number of hydrogen-bond acceptors (Lipinski definition) is 5. The second-order valence-electron chi connectivity index (χ2n) is 6.69. The number of carbonyl (C=O) groups is 1. The van der Waals surface area contributed by atoms with Crippen molar-refractivity contribution in [2.75, 3.05) is 19.7 Å². The first-order chi connectivity index (χ1) is 13.2. The van der Waals surface area contributed by atoms with Crippen LogP contribution in [0.2, 0.25) is 0 Å². The first-order valence-corrected chi connectivity index (χ1v) is 9.20. The summed E-state index contributed by atoms with van der Waals surface area (Å²) in [7, 11) is 0. The first-order valence-electron chi connectivity index (χ1n) is 9.20. The standard InChI is InChI=1S/C21H25N3O3/c25-14-13-24(12-9-16-7-10-22-11-8-16)20-5-3-18-15-17(1-4-19(18)20)2-6-21(26)23-27/h1-2,4,6-8,10-11,15,20,25,27H,3,5,9,12-14H2,(H,23,26)/b6-2+. The predicted octanol–water partition coefficient (Wildman–Crippen LogP) is 2.12. The maximum atomic E-state index is 11.1. The molecule has 0 spiro atoms. The third kappa shape index (κ3) is 5.01. The molecule has 1 heterocycles. The summed E-state index contributed by atoms with van der Waals surface area (Å²) in [5.41, 5.74) is 6.34. The quantitative estimate of drug-likeness (QED) is 0.378. The molecule has 0 saturated heterocycles. The zero-order chi connectivity index (χ0) is 19.1. The molecular weight excluding hydrogens is 342 g/mol. The molecule has 1 unspecified atom stereocenters. The highest BCUT2D eigenvalue weighted by molar-refractivity contribution is 5.90. The number of aryl methyl sites for hydroxylation is 1.